The largest absolute Gasteiger partial charge is 0.478 e. The normalized spacial score (nSPS) is 19.1. The van der Waals surface area contributed by atoms with Gasteiger partial charge in [-0.2, -0.15) is 0 Å². The first-order valence-corrected chi connectivity index (χ1v) is 12.6. The van der Waals surface area contributed by atoms with Crippen LogP contribution in [0, 0.1) is 5.92 Å². The Morgan fingerprint density at radius 2 is 1.91 bits per heavy atom. The van der Waals surface area contributed by atoms with E-state index in [0.717, 1.165) is 18.7 Å². The number of aryl methyl sites for hydroxylation is 1. The Morgan fingerprint density at radius 1 is 1.19 bits per heavy atom. The van der Waals surface area contributed by atoms with Crippen molar-refractivity contribution in [2.24, 2.45) is 5.92 Å². The van der Waals surface area contributed by atoms with Gasteiger partial charge >= 0.3 is 5.97 Å². The number of carboxylic acids is 1. The van der Waals surface area contributed by atoms with Crippen molar-refractivity contribution in [3.05, 3.63) is 67.5 Å². The molecule has 2 aromatic rings. The van der Waals surface area contributed by atoms with Gasteiger partial charge in [0.25, 0.3) is 5.56 Å². The van der Waals surface area contributed by atoms with Crippen molar-refractivity contribution in [3.63, 3.8) is 0 Å². The summed E-state index contributed by atoms with van der Waals surface area (Å²) < 4.78 is 2.62. The number of hydrogen-bond acceptors (Lipinski definition) is 3. The molecule has 4 rings (SSSR count). The molecule has 0 radical (unpaired) electrons. The van der Waals surface area contributed by atoms with E-state index in [9.17, 15) is 9.59 Å². The summed E-state index contributed by atoms with van der Waals surface area (Å²) in [5.74, 6) is 0.316. The fourth-order valence-electron chi connectivity index (χ4n) is 5.01. The van der Waals surface area contributed by atoms with Crippen molar-refractivity contribution in [3.8, 4) is 0 Å². The number of pyridine rings is 1. The zero-order valence-electron chi connectivity index (χ0n) is 19.0. The molecular formula is C26H33BrN2O3. The molecule has 1 atom stereocenters. The van der Waals surface area contributed by atoms with Crippen LogP contribution in [0.3, 0.4) is 0 Å². The Kier molecular flexibility index (Phi) is 7.21. The van der Waals surface area contributed by atoms with Crippen LogP contribution in [0.1, 0.15) is 79.0 Å². The van der Waals surface area contributed by atoms with Crippen LogP contribution in [0.25, 0.3) is 0 Å². The highest BCUT2D eigenvalue weighted by Crippen LogP contribution is 2.42. The first kappa shape index (κ1) is 23.2. The Balaban J connectivity index is 1.62. The quantitative estimate of drug-likeness (QED) is 0.497. The van der Waals surface area contributed by atoms with Gasteiger partial charge in [-0.15, -0.1) is 0 Å². The second-order valence-corrected chi connectivity index (χ2v) is 10.6. The summed E-state index contributed by atoms with van der Waals surface area (Å²) in [6.45, 7) is 7.11. The number of halogens is 1. The highest BCUT2D eigenvalue weighted by atomic mass is 79.9. The van der Waals surface area contributed by atoms with Crippen LogP contribution in [0.2, 0.25) is 0 Å². The second-order valence-electron chi connectivity index (χ2n) is 9.77. The number of likely N-dealkylation sites (tertiary alicyclic amines) is 1. The van der Waals surface area contributed by atoms with E-state index in [1.165, 1.54) is 43.4 Å². The number of hydrogen-bond donors (Lipinski definition) is 1. The van der Waals surface area contributed by atoms with E-state index in [2.05, 4.69) is 40.7 Å². The van der Waals surface area contributed by atoms with Gasteiger partial charge < -0.3 is 9.67 Å². The lowest BCUT2D eigenvalue weighted by molar-refractivity contribution is 0.0697. The lowest BCUT2D eigenvalue weighted by Gasteiger charge is -2.28. The van der Waals surface area contributed by atoms with Crippen molar-refractivity contribution in [2.45, 2.75) is 77.4 Å². The van der Waals surface area contributed by atoms with E-state index < -0.39 is 5.97 Å². The van der Waals surface area contributed by atoms with Crippen molar-refractivity contribution < 1.29 is 9.90 Å². The molecule has 0 amide bonds. The summed E-state index contributed by atoms with van der Waals surface area (Å²) >= 11 is 3.52. The molecule has 1 aromatic carbocycles. The summed E-state index contributed by atoms with van der Waals surface area (Å²) in [7, 11) is 0. The van der Waals surface area contributed by atoms with E-state index in [1.807, 2.05) is 16.7 Å². The van der Waals surface area contributed by atoms with Crippen molar-refractivity contribution in [2.75, 3.05) is 6.54 Å². The number of benzene rings is 1. The van der Waals surface area contributed by atoms with Crippen LogP contribution in [-0.4, -0.2) is 33.1 Å². The van der Waals surface area contributed by atoms with Crippen molar-refractivity contribution >= 4 is 21.9 Å². The molecule has 32 heavy (non-hydrogen) atoms. The number of aromatic carboxylic acids is 1. The summed E-state index contributed by atoms with van der Waals surface area (Å²) in [5, 5.41) is 9.13. The fourth-order valence-corrected chi connectivity index (χ4v) is 5.47. The van der Waals surface area contributed by atoms with Gasteiger partial charge in [0.2, 0.25) is 0 Å². The Hall–Kier alpha value is -1.92. The highest BCUT2D eigenvalue weighted by molar-refractivity contribution is 9.10. The summed E-state index contributed by atoms with van der Waals surface area (Å²) in [6.07, 6.45) is 6.77. The smallest absolute Gasteiger partial charge is 0.335 e. The lowest BCUT2D eigenvalue weighted by Crippen LogP contribution is -2.35. The molecule has 2 aliphatic rings. The average Bonchev–Trinajstić information content (AvgIpc) is 3.51. The molecule has 1 aromatic heterocycles. The maximum absolute atomic E-state index is 13.2. The molecule has 2 fully saturated rings. The molecular weight excluding hydrogens is 468 g/mol. The Bertz CT molecular complexity index is 1020. The molecule has 2 heterocycles. The van der Waals surface area contributed by atoms with Gasteiger partial charge in [-0.3, -0.25) is 9.69 Å². The second kappa shape index (κ2) is 9.92. The highest BCUT2D eigenvalue weighted by Gasteiger charge is 2.32. The Morgan fingerprint density at radius 3 is 2.53 bits per heavy atom. The topological polar surface area (TPSA) is 62.5 Å². The van der Waals surface area contributed by atoms with Gasteiger partial charge in [0.1, 0.15) is 0 Å². The standard InChI is InChI=1S/C26H33BrN2O3/c1-17(2)14-21-4-3-12-28(21)16-24-22(19-9-10-19)15-23(27)25(30)29(24)13-11-18-5-7-20(8-6-18)26(31)32/h5-8,15,17,19,21H,3-4,9-14,16H2,1-2H3,(H,31,32)/t21-/m1/s1. The van der Waals surface area contributed by atoms with E-state index in [1.54, 1.807) is 12.1 Å². The fraction of sp³-hybridized carbons (Fsp3) is 0.538. The summed E-state index contributed by atoms with van der Waals surface area (Å²) in [4.78, 5) is 26.9. The molecule has 1 N–H and O–H groups in total. The summed E-state index contributed by atoms with van der Waals surface area (Å²) in [6, 6.07) is 9.65. The lowest BCUT2D eigenvalue weighted by atomic mass is 10.0. The monoisotopic (exact) mass is 500 g/mol. The molecule has 0 unspecified atom stereocenters. The molecule has 1 saturated heterocycles. The minimum Gasteiger partial charge on any atom is -0.478 e. The summed E-state index contributed by atoms with van der Waals surface area (Å²) in [5.41, 5.74) is 3.87. The molecule has 0 bridgehead atoms. The number of carbonyl (C=O) groups is 1. The minimum atomic E-state index is -0.919. The van der Waals surface area contributed by atoms with Gasteiger partial charge in [0.15, 0.2) is 0 Å². The molecule has 172 valence electrons. The number of nitrogens with zero attached hydrogens (tertiary/aromatic N) is 2. The van der Waals surface area contributed by atoms with Crippen LogP contribution in [-0.2, 0) is 19.5 Å². The predicted octanol–water partition coefficient (Wildman–Crippen LogP) is 5.44. The number of carboxylic acid groups (broad SMARTS) is 1. The Labute approximate surface area is 198 Å². The van der Waals surface area contributed by atoms with E-state index in [4.69, 9.17) is 5.11 Å². The third kappa shape index (κ3) is 5.34. The van der Waals surface area contributed by atoms with E-state index >= 15 is 0 Å². The molecule has 0 spiro atoms. The van der Waals surface area contributed by atoms with Gasteiger partial charge in [-0.25, -0.2) is 4.79 Å². The number of aromatic nitrogens is 1. The predicted molar refractivity (Wildman–Crippen MR) is 130 cm³/mol. The van der Waals surface area contributed by atoms with Gasteiger partial charge in [0, 0.05) is 24.8 Å². The zero-order valence-corrected chi connectivity index (χ0v) is 20.6. The van der Waals surface area contributed by atoms with Crippen LogP contribution in [0.5, 0.6) is 0 Å². The van der Waals surface area contributed by atoms with Gasteiger partial charge in [-0.05, 0) is 102 Å². The van der Waals surface area contributed by atoms with Crippen molar-refractivity contribution in [1.82, 2.24) is 9.47 Å². The molecule has 1 saturated carbocycles. The molecule has 1 aliphatic carbocycles. The maximum Gasteiger partial charge on any atom is 0.335 e. The molecule has 6 heteroatoms. The third-order valence-electron chi connectivity index (χ3n) is 6.83. The minimum absolute atomic E-state index is 0.0335. The van der Waals surface area contributed by atoms with Crippen LogP contribution >= 0.6 is 15.9 Å². The zero-order chi connectivity index (χ0) is 22.8. The molecule has 1 aliphatic heterocycles. The first-order valence-electron chi connectivity index (χ1n) is 11.8. The van der Waals surface area contributed by atoms with E-state index in [-0.39, 0.29) is 11.1 Å². The van der Waals surface area contributed by atoms with Crippen LogP contribution < -0.4 is 5.56 Å². The van der Waals surface area contributed by atoms with Crippen LogP contribution in [0.15, 0.2) is 39.6 Å². The van der Waals surface area contributed by atoms with Crippen molar-refractivity contribution in [1.29, 1.82) is 0 Å². The van der Waals surface area contributed by atoms with Crippen LogP contribution in [0.4, 0.5) is 0 Å². The third-order valence-corrected chi connectivity index (χ3v) is 7.40. The van der Waals surface area contributed by atoms with E-state index in [0.29, 0.717) is 35.3 Å². The average molecular weight is 501 g/mol. The maximum atomic E-state index is 13.2. The first-order chi connectivity index (χ1) is 15.3. The van der Waals surface area contributed by atoms with Gasteiger partial charge in [-0.1, -0.05) is 26.0 Å². The SMILES string of the molecule is CC(C)C[C@H]1CCCN1Cc1c(C2CC2)cc(Br)c(=O)n1CCc1ccc(C(=O)O)cc1. The molecule has 5 nitrogen and oxygen atoms in total. The number of rotatable bonds is 9. The van der Waals surface area contributed by atoms with Gasteiger partial charge in [0.05, 0.1) is 10.0 Å².